The summed E-state index contributed by atoms with van der Waals surface area (Å²) >= 11 is 0. The molecule has 1 atom stereocenters. The van der Waals surface area contributed by atoms with Crippen molar-refractivity contribution in [3.05, 3.63) is 0 Å². The van der Waals surface area contributed by atoms with Crippen LogP contribution in [0.25, 0.3) is 0 Å². The number of carbonyl (C=O) groups is 2. The summed E-state index contributed by atoms with van der Waals surface area (Å²) in [6.07, 6.45) is 14.1. The summed E-state index contributed by atoms with van der Waals surface area (Å²) in [6.45, 7) is 2.56. The van der Waals surface area contributed by atoms with Crippen molar-refractivity contribution >= 4 is 33.3 Å². The van der Waals surface area contributed by atoms with E-state index in [1.165, 1.54) is 57.8 Å². The molecule has 12 heteroatoms. The molecule has 0 aliphatic heterocycles. The Balaban J connectivity index is -0.000000152. The van der Waals surface area contributed by atoms with Gasteiger partial charge in [-0.05, 0) is 48.9 Å². The third kappa shape index (κ3) is 37.6. The Morgan fingerprint density at radius 1 is 0.756 bits per heavy atom. The first-order valence-corrected chi connectivity index (χ1v) is 14.7. The van der Waals surface area contributed by atoms with Gasteiger partial charge in [0.25, 0.3) is 0 Å². The van der Waals surface area contributed by atoms with Gasteiger partial charge in [0.1, 0.15) is 6.61 Å². The van der Waals surface area contributed by atoms with Gasteiger partial charge in [-0.3, -0.25) is 4.79 Å². The molecule has 0 saturated heterocycles. The fourth-order valence-corrected chi connectivity index (χ4v) is 3.65. The van der Waals surface area contributed by atoms with Crippen LogP contribution in [0.5, 0.6) is 0 Å². The van der Waals surface area contributed by atoms with Gasteiger partial charge in [-0.1, -0.05) is 89.9 Å². The van der Waals surface area contributed by atoms with Crippen LogP contribution in [0.1, 0.15) is 114 Å². The fraction of sp³-hybridized carbons (Fsp3) is 0.655. The second-order valence-electron chi connectivity index (χ2n) is 8.57. The Hall–Kier alpha value is -0.360. The van der Waals surface area contributed by atoms with Crippen LogP contribution < -0.4 is 68.9 Å². The molecule has 41 heavy (non-hydrogen) atoms. The molecule has 0 fully saturated rings. The number of ether oxygens (including phenoxy) is 2. The molecular weight excluding hydrogens is 585 g/mol. The zero-order valence-corrected chi connectivity index (χ0v) is 31.0. The maximum Gasteiger partial charge on any atom is 1.00 e. The predicted octanol–water partition coefficient (Wildman–Crippen LogP) is -0.356. The zero-order valence-electron chi connectivity index (χ0n) is 25.1. The largest absolute Gasteiger partial charge is 1.00 e. The number of phosphoric acid groups is 1. The van der Waals surface area contributed by atoms with Crippen LogP contribution in [0.2, 0.25) is 0 Å². The second-order valence-corrected chi connectivity index (χ2v) is 9.72. The third-order valence-corrected chi connectivity index (χ3v) is 5.67. The molecule has 0 radical (unpaired) electrons. The van der Waals surface area contributed by atoms with E-state index >= 15 is 0 Å². The molecule has 0 aromatic heterocycles. The Bertz CT molecular complexity index is 1020. The van der Waals surface area contributed by atoms with Crippen LogP contribution in [0.4, 0.5) is 0 Å². The van der Waals surface area contributed by atoms with E-state index in [4.69, 9.17) is 9.47 Å². The number of phosphoric ester groups is 1. The van der Waals surface area contributed by atoms with Crippen molar-refractivity contribution in [2.24, 2.45) is 0 Å². The summed E-state index contributed by atoms with van der Waals surface area (Å²) in [5, 5.41) is 0. The van der Waals surface area contributed by atoms with Crippen LogP contribution in [0.3, 0.4) is 0 Å². The molecule has 0 aromatic carbocycles. The Labute approximate surface area is 308 Å². The van der Waals surface area contributed by atoms with Crippen molar-refractivity contribution in [3.63, 3.8) is 0 Å². The summed E-state index contributed by atoms with van der Waals surface area (Å²) < 4.78 is 24.9. The van der Waals surface area contributed by atoms with Crippen molar-refractivity contribution in [1.82, 2.24) is 0 Å². The second kappa shape index (κ2) is 34.1. The topological polar surface area (TPSA) is 125 Å². The van der Waals surface area contributed by atoms with Crippen LogP contribution in [-0.4, -0.2) is 31.3 Å². The van der Waals surface area contributed by atoms with Gasteiger partial charge in [0.2, 0.25) is 0 Å². The molecule has 0 saturated carbocycles. The molecule has 0 aliphatic carbocycles. The summed E-state index contributed by atoms with van der Waals surface area (Å²) in [5.74, 6) is 17.3. The van der Waals surface area contributed by atoms with Gasteiger partial charge in [-0.2, -0.15) is 13.5 Å². The van der Waals surface area contributed by atoms with Crippen LogP contribution in [0, 0.1) is 47.4 Å². The van der Waals surface area contributed by atoms with Crippen molar-refractivity contribution in [2.75, 3.05) is 13.2 Å². The normalized spacial score (nSPS) is 9.95. The van der Waals surface area contributed by atoms with Gasteiger partial charge in [0.05, 0.1) is 14.4 Å². The standard InChI is InChI=1S/C29H41O8P.2Na.H2S.7H2/c1-3-5-7-9-11-12-13-14-15-16-18-20-22-24-29(31)37-27(26-36-38(32,33)34)25-35-28(30)23-21-19-17-10-8-6-4-2;;;;;;;;;;/h27H,3,5,7,9,11-16,18,20,22,24-26H2,1-2H3,(H2,32,33,34);;;1H2;7*1H/q;2*+1;;;;;;;;/p-2/t27-;;;;;;;;;;/m1........../s1. The van der Waals surface area contributed by atoms with E-state index in [-0.39, 0.29) is 89.0 Å². The van der Waals surface area contributed by atoms with E-state index in [1.54, 1.807) is 6.92 Å². The molecule has 0 spiro atoms. The monoisotopic (exact) mass is 640 g/mol. The number of hydrogen-bond donors (Lipinski definition) is 0. The van der Waals surface area contributed by atoms with E-state index in [0.717, 1.165) is 19.3 Å². The molecule has 0 unspecified atom stereocenters. The first-order chi connectivity index (χ1) is 18.3. The first kappa shape index (κ1) is 47.6. The molecule has 0 N–H and O–H groups in total. The molecule has 0 amide bonds. The van der Waals surface area contributed by atoms with E-state index in [0.29, 0.717) is 6.42 Å². The average Bonchev–Trinajstić information content (AvgIpc) is 2.87. The maximum absolute atomic E-state index is 12.1. The van der Waals surface area contributed by atoms with E-state index in [9.17, 15) is 23.9 Å². The number of unbranched alkanes of at least 4 members (excludes halogenated alkanes) is 12. The van der Waals surface area contributed by atoms with Gasteiger partial charge in [-0.25, -0.2) is 4.79 Å². The summed E-state index contributed by atoms with van der Waals surface area (Å²) in [4.78, 5) is 45.4. The zero-order chi connectivity index (χ0) is 28.3. The molecular formula is C29H55Na2O8PS. The third-order valence-electron chi connectivity index (χ3n) is 5.20. The van der Waals surface area contributed by atoms with Crippen LogP contribution in [-0.2, 0) is 28.2 Å². The minimum absolute atomic E-state index is 0. The predicted molar refractivity (Wildman–Crippen MR) is 167 cm³/mol. The minimum Gasteiger partial charge on any atom is -0.790 e. The Morgan fingerprint density at radius 3 is 1.71 bits per heavy atom. The smallest absolute Gasteiger partial charge is 0.790 e. The molecule has 0 aromatic rings. The van der Waals surface area contributed by atoms with Crippen LogP contribution in [0.15, 0.2) is 0 Å². The van der Waals surface area contributed by atoms with Gasteiger partial charge in [0, 0.05) is 22.3 Å². The number of rotatable bonds is 20. The van der Waals surface area contributed by atoms with Gasteiger partial charge >= 0.3 is 71.1 Å². The first-order valence-electron chi connectivity index (χ1n) is 13.2. The van der Waals surface area contributed by atoms with Gasteiger partial charge in [-0.15, -0.1) is 0 Å². The summed E-state index contributed by atoms with van der Waals surface area (Å²) in [5.41, 5.74) is 0. The Kier molecular flexibility index (Phi) is 39.6. The molecule has 0 rings (SSSR count). The molecule has 0 aliphatic rings. The number of esters is 2. The number of hydrogen-bond acceptors (Lipinski definition) is 8. The van der Waals surface area contributed by atoms with E-state index < -0.39 is 39.1 Å². The molecule has 8 nitrogen and oxygen atoms in total. The van der Waals surface area contributed by atoms with Crippen molar-refractivity contribution in [2.45, 2.75) is 110 Å². The van der Waals surface area contributed by atoms with Crippen molar-refractivity contribution in [1.29, 1.82) is 0 Å². The summed E-state index contributed by atoms with van der Waals surface area (Å²) in [7, 11) is -5.30. The van der Waals surface area contributed by atoms with Gasteiger partial charge in [0.15, 0.2) is 6.10 Å². The SMILES string of the molecule is CC#CC#CC#CC#CC(=O)OC[C@H](COP(=O)([O-])[O-])OC(=O)CCCCCCCCCCCCCCC.S.[HH].[HH].[HH].[HH].[HH].[HH].[HH].[Na+].[Na+]. The van der Waals surface area contributed by atoms with E-state index in [2.05, 4.69) is 58.8 Å². The Morgan fingerprint density at radius 2 is 1.22 bits per heavy atom. The van der Waals surface area contributed by atoms with Crippen LogP contribution >= 0.6 is 21.3 Å². The van der Waals surface area contributed by atoms with Crippen molar-refractivity contribution < 1.29 is 107 Å². The number of carbonyl (C=O) groups excluding carboxylic acids is 2. The molecule has 0 bridgehead atoms. The minimum atomic E-state index is -5.30. The summed E-state index contributed by atoms with van der Waals surface area (Å²) in [6, 6.07) is 0. The average molecular weight is 641 g/mol. The fourth-order valence-electron chi connectivity index (χ4n) is 3.30. The van der Waals surface area contributed by atoms with E-state index in [1.807, 2.05) is 0 Å². The van der Waals surface area contributed by atoms with Gasteiger partial charge < -0.3 is 28.3 Å². The quantitative estimate of drug-likeness (QED) is 0.0442. The molecule has 0 heterocycles. The van der Waals surface area contributed by atoms with Crippen molar-refractivity contribution in [3.8, 4) is 47.4 Å². The molecule has 232 valence electrons. The maximum atomic E-state index is 12.1.